The second-order valence-corrected chi connectivity index (χ2v) is 6.27. The van der Waals surface area contributed by atoms with Crippen molar-refractivity contribution in [3.63, 3.8) is 0 Å². The van der Waals surface area contributed by atoms with E-state index in [1.54, 1.807) is 0 Å². The Morgan fingerprint density at radius 1 is 1.10 bits per heavy atom. The molecule has 21 heavy (non-hydrogen) atoms. The van der Waals surface area contributed by atoms with E-state index >= 15 is 0 Å². The molecule has 2 nitrogen and oxygen atoms in total. The van der Waals surface area contributed by atoms with Gasteiger partial charge in [0.05, 0.1) is 0 Å². The quantitative estimate of drug-likeness (QED) is 0.389. The molecule has 0 bridgehead atoms. The van der Waals surface area contributed by atoms with Crippen LogP contribution in [0.3, 0.4) is 0 Å². The number of carboxylic acids is 1. The number of hydrogen-bond acceptors (Lipinski definition) is 1. The van der Waals surface area contributed by atoms with E-state index in [0.29, 0.717) is 6.42 Å². The predicted octanol–water partition coefficient (Wildman–Crippen LogP) is 5.74. The highest BCUT2D eigenvalue weighted by atomic mass is 16.4. The fourth-order valence-electron chi connectivity index (χ4n) is 3.17. The molecule has 0 heterocycles. The van der Waals surface area contributed by atoms with Gasteiger partial charge in [0.2, 0.25) is 0 Å². The zero-order chi connectivity index (χ0) is 15.3. The summed E-state index contributed by atoms with van der Waals surface area (Å²) in [6.07, 6.45) is 21.7. The Kier molecular flexibility index (Phi) is 9.94. The van der Waals surface area contributed by atoms with Gasteiger partial charge in [-0.2, -0.15) is 0 Å². The van der Waals surface area contributed by atoms with Crippen LogP contribution in [0.15, 0.2) is 24.3 Å². The Morgan fingerprint density at radius 3 is 2.71 bits per heavy atom. The number of rotatable bonds is 11. The van der Waals surface area contributed by atoms with Gasteiger partial charge in [0, 0.05) is 6.42 Å². The molecule has 0 unspecified atom stereocenters. The lowest BCUT2D eigenvalue weighted by molar-refractivity contribution is -0.136. The number of carboxylic acid groups (broad SMARTS) is 1. The number of unbranched alkanes of at least 4 members (excludes halogenated alkanes) is 4. The van der Waals surface area contributed by atoms with Crippen LogP contribution in [0.2, 0.25) is 0 Å². The van der Waals surface area contributed by atoms with Crippen LogP contribution in [0.25, 0.3) is 0 Å². The van der Waals surface area contributed by atoms with Crippen molar-refractivity contribution in [3.8, 4) is 0 Å². The van der Waals surface area contributed by atoms with Gasteiger partial charge >= 0.3 is 5.97 Å². The molecule has 0 amide bonds. The molecule has 1 N–H and O–H groups in total. The maximum atomic E-state index is 10.4. The van der Waals surface area contributed by atoms with Crippen molar-refractivity contribution < 1.29 is 9.90 Å². The van der Waals surface area contributed by atoms with Crippen LogP contribution in [0, 0.1) is 11.8 Å². The lowest BCUT2D eigenvalue weighted by Gasteiger charge is -2.13. The fourth-order valence-corrected chi connectivity index (χ4v) is 3.17. The zero-order valence-electron chi connectivity index (χ0n) is 13.6. The molecule has 1 aliphatic rings. The molecular weight excluding hydrogens is 260 g/mol. The van der Waals surface area contributed by atoms with E-state index < -0.39 is 5.97 Å². The first-order valence-electron chi connectivity index (χ1n) is 8.77. The summed E-state index contributed by atoms with van der Waals surface area (Å²) in [4.78, 5) is 10.4. The molecule has 1 aliphatic carbocycles. The maximum absolute atomic E-state index is 10.4. The summed E-state index contributed by atoms with van der Waals surface area (Å²) in [6, 6.07) is 0. The van der Waals surface area contributed by atoms with E-state index in [-0.39, 0.29) is 6.42 Å². The Bertz CT molecular complexity index is 330. The number of allylic oxidation sites excluding steroid dienone is 4. The number of hydrogen-bond donors (Lipinski definition) is 1. The second kappa shape index (κ2) is 11.6. The highest BCUT2D eigenvalue weighted by Gasteiger charge is 2.23. The van der Waals surface area contributed by atoms with Crippen LogP contribution < -0.4 is 0 Å². The lowest BCUT2D eigenvalue weighted by Crippen LogP contribution is -2.03. The van der Waals surface area contributed by atoms with Crippen LogP contribution in [0.1, 0.15) is 77.6 Å². The van der Waals surface area contributed by atoms with Gasteiger partial charge in [-0.1, -0.05) is 56.9 Å². The van der Waals surface area contributed by atoms with E-state index in [0.717, 1.165) is 18.3 Å². The molecule has 1 fully saturated rings. The van der Waals surface area contributed by atoms with Gasteiger partial charge in [0.15, 0.2) is 0 Å². The first kappa shape index (κ1) is 18.0. The third kappa shape index (κ3) is 8.75. The van der Waals surface area contributed by atoms with Gasteiger partial charge in [0.1, 0.15) is 0 Å². The molecular formula is C19H32O2. The first-order valence-corrected chi connectivity index (χ1v) is 8.77. The summed E-state index contributed by atoms with van der Waals surface area (Å²) in [7, 11) is 0. The standard InChI is InChI=1S/C19H32O2/c1-2-3-4-5-6-8-12-17-14-11-15-18(17)13-9-7-10-16-19(20)21/h7-9,12,17-18H,2-6,10-11,13-16H2,1H3,(H,20,21)/t17-,18-/m0/s1. The van der Waals surface area contributed by atoms with Crippen LogP contribution >= 0.6 is 0 Å². The number of aliphatic carboxylic acids is 1. The summed E-state index contributed by atoms with van der Waals surface area (Å²) in [5.74, 6) is 0.822. The van der Waals surface area contributed by atoms with E-state index in [9.17, 15) is 4.79 Å². The van der Waals surface area contributed by atoms with Crippen LogP contribution in [0.5, 0.6) is 0 Å². The molecule has 0 aromatic rings. The van der Waals surface area contributed by atoms with Crippen molar-refractivity contribution >= 4 is 5.97 Å². The highest BCUT2D eigenvalue weighted by molar-refractivity contribution is 5.66. The van der Waals surface area contributed by atoms with E-state index in [2.05, 4.69) is 25.2 Å². The molecule has 0 saturated heterocycles. The van der Waals surface area contributed by atoms with Gasteiger partial charge in [-0.15, -0.1) is 0 Å². The number of carbonyl (C=O) groups is 1. The van der Waals surface area contributed by atoms with E-state index in [1.807, 2.05) is 6.08 Å². The second-order valence-electron chi connectivity index (χ2n) is 6.27. The van der Waals surface area contributed by atoms with Gasteiger partial charge in [0.25, 0.3) is 0 Å². The molecule has 0 aromatic carbocycles. The van der Waals surface area contributed by atoms with Gasteiger partial charge in [-0.3, -0.25) is 4.79 Å². The summed E-state index contributed by atoms with van der Waals surface area (Å²) >= 11 is 0. The Hall–Kier alpha value is -1.05. The first-order chi connectivity index (χ1) is 10.2. The van der Waals surface area contributed by atoms with Gasteiger partial charge in [-0.05, 0) is 50.4 Å². The van der Waals surface area contributed by atoms with Crippen molar-refractivity contribution in [2.24, 2.45) is 11.8 Å². The van der Waals surface area contributed by atoms with E-state index in [1.165, 1.54) is 51.4 Å². The van der Waals surface area contributed by atoms with Crippen LogP contribution in [0.4, 0.5) is 0 Å². The van der Waals surface area contributed by atoms with E-state index in [4.69, 9.17) is 5.11 Å². The zero-order valence-corrected chi connectivity index (χ0v) is 13.6. The molecule has 0 aromatic heterocycles. The SMILES string of the molecule is CCCCCCC=C[C@H]1CCC[C@@H]1CC=CCCC(=O)O. The monoisotopic (exact) mass is 292 g/mol. The van der Waals surface area contributed by atoms with Crippen LogP contribution in [-0.4, -0.2) is 11.1 Å². The minimum absolute atomic E-state index is 0.252. The normalized spacial score (nSPS) is 22.5. The van der Waals surface area contributed by atoms with Gasteiger partial charge in [-0.25, -0.2) is 0 Å². The Labute approximate surface area is 130 Å². The minimum Gasteiger partial charge on any atom is -0.481 e. The van der Waals surface area contributed by atoms with Crippen molar-refractivity contribution in [2.75, 3.05) is 0 Å². The average molecular weight is 292 g/mol. The average Bonchev–Trinajstić information content (AvgIpc) is 2.89. The molecule has 1 saturated carbocycles. The summed E-state index contributed by atoms with van der Waals surface area (Å²) in [6.45, 7) is 2.25. The minimum atomic E-state index is -0.704. The smallest absolute Gasteiger partial charge is 0.303 e. The van der Waals surface area contributed by atoms with Crippen molar-refractivity contribution in [3.05, 3.63) is 24.3 Å². The van der Waals surface area contributed by atoms with Crippen molar-refractivity contribution in [2.45, 2.75) is 77.6 Å². The molecule has 0 aliphatic heterocycles. The Balaban J connectivity index is 2.18. The fraction of sp³-hybridized carbons (Fsp3) is 0.737. The Morgan fingerprint density at radius 2 is 1.95 bits per heavy atom. The summed E-state index contributed by atoms with van der Waals surface area (Å²) < 4.78 is 0. The third-order valence-electron chi connectivity index (χ3n) is 4.46. The summed E-state index contributed by atoms with van der Waals surface area (Å²) in [5.41, 5.74) is 0. The largest absolute Gasteiger partial charge is 0.481 e. The van der Waals surface area contributed by atoms with Crippen molar-refractivity contribution in [1.29, 1.82) is 0 Å². The molecule has 2 atom stereocenters. The molecule has 1 rings (SSSR count). The lowest BCUT2D eigenvalue weighted by atomic mass is 9.92. The van der Waals surface area contributed by atoms with Crippen LogP contribution in [-0.2, 0) is 4.79 Å². The highest BCUT2D eigenvalue weighted by Crippen LogP contribution is 2.35. The predicted molar refractivity (Wildman–Crippen MR) is 89.4 cm³/mol. The molecule has 120 valence electrons. The molecule has 2 heteroatoms. The third-order valence-corrected chi connectivity index (χ3v) is 4.46. The van der Waals surface area contributed by atoms with Crippen molar-refractivity contribution in [1.82, 2.24) is 0 Å². The van der Waals surface area contributed by atoms with Gasteiger partial charge < -0.3 is 5.11 Å². The topological polar surface area (TPSA) is 37.3 Å². The maximum Gasteiger partial charge on any atom is 0.303 e. The molecule has 0 radical (unpaired) electrons. The summed E-state index contributed by atoms with van der Waals surface area (Å²) in [5, 5.41) is 8.60. The molecule has 0 spiro atoms.